The Morgan fingerprint density at radius 3 is 2.59 bits per heavy atom. The van der Waals surface area contributed by atoms with Crippen molar-refractivity contribution in [1.82, 2.24) is 10.3 Å². The number of benzene rings is 2. The summed E-state index contributed by atoms with van der Waals surface area (Å²) in [6, 6.07) is 19.8. The Bertz CT molecular complexity index is 1660. The van der Waals surface area contributed by atoms with Gasteiger partial charge in [0, 0.05) is 23.5 Å². The van der Waals surface area contributed by atoms with E-state index < -0.39 is 28.1 Å². The summed E-state index contributed by atoms with van der Waals surface area (Å²) in [6.45, 7) is 0. The van der Waals surface area contributed by atoms with E-state index in [1.54, 1.807) is 54.7 Å². The number of ether oxygens (including phenoxy) is 1. The monoisotopic (exact) mass is 564 g/mol. The molecule has 3 N–H and O–H groups in total. The van der Waals surface area contributed by atoms with Crippen LogP contribution in [-0.4, -0.2) is 43.0 Å². The highest BCUT2D eigenvalue weighted by Gasteiger charge is 2.43. The number of hydrogen-bond donors (Lipinski definition) is 3. The van der Waals surface area contributed by atoms with Crippen LogP contribution in [-0.2, 0) is 10.0 Å². The second-order valence-corrected chi connectivity index (χ2v) is 10.9. The molecule has 4 aromatic rings. The van der Waals surface area contributed by atoms with Gasteiger partial charge in [-0.2, -0.15) is 0 Å². The Morgan fingerprint density at radius 2 is 1.90 bits per heavy atom. The molecule has 39 heavy (non-hydrogen) atoms. The molecule has 2 aromatic carbocycles. The normalized spacial score (nSPS) is 17.1. The zero-order valence-electron chi connectivity index (χ0n) is 20.9. The van der Waals surface area contributed by atoms with Gasteiger partial charge in [0.25, 0.3) is 0 Å². The molecule has 2 atom stereocenters. The number of aromatic nitrogens is 1. The fraction of sp³-hybridized carbons (Fsp3) is 0.148. The van der Waals surface area contributed by atoms with E-state index in [2.05, 4.69) is 15.0 Å². The number of rotatable bonds is 8. The van der Waals surface area contributed by atoms with Gasteiger partial charge in [0.1, 0.15) is 23.3 Å². The first-order valence-corrected chi connectivity index (χ1v) is 14.0. The number of pyridine rings is 1. The highest BCUT2D eigenvalue weighted by molar-refractivity contribution is 7.92. The van der Waals surface area contributed by atoms with Crippen molar-refractivity contribution in [3.05, 3.63) is 96.0 Å². The molecule has 1 fully saturated rings. The van der Waals surface area contributed by atoms with Crippen molar-refractivity contribution < 1.29 is 27.5 Å². The molecule has 0 aliphatic carbocycles. The lowest BCUT2D eigenvalue weighted by Gasteiger charge is -2.27. The van der Waals surface area contributed by atoms with Gasteiger partial charge in [-0.25, -0.2) is 13.2 Å². The lowest BCUT2D eigenvalue weighted by Crippen LogP contribution is -2.29. The Hall–Kier alpha value is -4.42. The van der Waals surface area contributed by atoms with Gasteiger partial charge < -0.3 is 24.5 Å². The number of aromatic carboxylic acids is 1. The van der Waals surface area contributed by atoms with Gasteiger partial charge in [-0.3, -0.25) is 9.71 Å². The standard InChI is InChI=1S/C27H24N4O6S2/c1-36-23-15-16(10-11-19(23)30-39(2,34)35)31-25(24(29-27(31)38)20-9-5-6-14-28-20)22-13-12-21(37-22)17-7-3-4-8-18(17)26(32)33/h3-15,24-25,30H,1-2H3,(H,29,38)(H,32,33). The number of methoxy groups -OCH3 is 1. The molecule has 1 aliphatic rings. The fourth-order valence-corrected chi connectivity index (χ4v) is 5.49. The van der Waals surface area contributed by atoms with Crippen molar-refractivity contribution in [1.29, 1.82) is 0 Å². The van der Waals surface area contributed by atoms with Crippen molar-refractivity contribution in [2.75, 3.05) is 23.0 Å². The molecule has 10 nitrogen and oxygen atoms in total. The molecule has 0 bridgehead atoms. The number of carboxylic acids is 1. The molecular weight excluding hydrogens is 540 g/mol. The second-order valence-electron chi connectivity index (χ2n) is 8.81. The van der Waals surface area contributed by atoms with E-state index in [1.165, 1.54) is 13.2 Å². The van der Waals surface area contributed by atoms with Crippen molar-refractivity contribution in [2.45, 2.75) is 12.1 Å². The largest absolute Gasteiger partial charge is 0.494 e. The molecule has 0 spiro atoms. The van der Waals surface area contributed by atoms with Crippen molar-refractivity contribution in [3.63, 3.8) is 0 Å². The van der Waals surface area contributed by atoms with Gasteiger partial charge >= 0.3 is 5.97 Å². The molecule has 0 saturated carbocycles. The summed E-state index contributed by atoms with van der Waals surface area (Å²) < 4.78 is 37.8. The van der Waals surface area contributed by atoms with Gasteiger partial charge in [0.15, 0.2) is 5.11 Å². The van der Waals surface area contributed by atoms with E-state index >= 15 is 0 Å². The summed E-state index contributed by atoms with van der Waals surface area (Å²) in [6.07, 6.45) is 2.75. The molecular formula is C27H24N4O6S2. The Balaban J connectivity index is 1.61. The van der Waals surface area contributed by atoms with Crippen LogP contribution in [0.4, 0.5) is 11.4 Å². The Morgan fingerprint density at radius 1 is 1.13 bits per heavy atom. The minimum absolute atomic E-state index is 0.121. The van der Waals surface area contributed by atoms with Crippen LogP contribution in [0, 0.1) is 0 Å². The van der Waals surface area contributed by atoms with Crippen LogP contribution in [0.1, 0.15) is 33.9 Å². The number of sulfonamides is 1. The predicted octanol–water partition coefficient (Wildman–Crippen LogP) is 4.60. The number of carboxylic acid groups (broad SMARTS) is 1. The SMILES string of the molecule is COc1cc(N2C(=S)NC(c3ccccn3)C2c2ccc(-c3ccccc3C(=O)O)o2)ccc1NS(C)(=O)=O. The van der Waals surface area contributed by atoms with Gasteiger partial charge in [0.05, 0.1) is 36.4 Å². The molecule has 0 amide bonds. The number of thiocarbonyl (C=S) groups is 1. The summed E-state index contributed by atoms with van der Waals surface area (Å²) in [4.78, 5) is 18.2. The van der Waals surface area contributed by atoms with E-state index in [9.17, 15) is 18.3 Å². The number of hydrogen-bond acceptors (Lipinski definition) is 7. The first kappa shape index (κ1) is 26.2. The van der Waals surface area contributed by atoms with Crippen LogP contribution < -0.4 is 19.7 Å². The predicted molar refractivity (Wildman–Crippen MR) is 150 cm³/mol. The number of nitrogens with zero attached hydrogens (tertiary/aromatic N) is 2. The van der Waals surface area contributed by atoms with Crippen molar-refractivity contribution in [3.8, 4) is 17.1 Å². The van der Waals surface area contributed by atoms with Crippen molar-refractivity contribution >= 4 is 44.7 Å². The van der Waals surface area contributed by atoms with E-state index in [-0.39, 0.29) is 11.3 Å². The summed E-state index contributed by atoms with van der Waals surface area (Å²) in [5.41, 5.74) is 2.19. The minimum atomic E-state index is -3.53. The number of anilines is 2. The third-order valence-electron chi connectivity index (χ3n) is 6.20. The molecule has 2 aromatic heterocycles. The molecule has 2 unspecified atom stereocenters. The molecule has 1 saturated heterocycles. The first-order valence-electron chi connectivity index (χ1n) is 11.7. The summed E-state index contributed by atoms with van der Waals surface area (Å²) >= 11 is 5.75. The van der Waals surface area contributed by atoms with E-state index in [1.807, 2.05) is 23.1 Å². The third-order valence-corrected chi connectivity index (χ3v) is 7.10. The van der Waals surface area contributed by atoms with Crippen LogP contribution in [0.25, 0.3) is 11.3 Å². The lowest BCUT2D eigenvalue weighted by molar-refractivity contribution is 0.0697. The lowest BCUT2D eigenvalue weighted by atomic mass is 10.0. The Labute approximate surface area is 230 Å². The average Bonchev–Trinajstić information content (AvgIpc) is 3.53. The van der Waals surface area contributed by atoms with Gasteiger partial charge in [0.2, 0.25) is 10.0 Å². The van der Waals surface area contributed by atoms with E-state index in [0.717, 1.165) is 11.9 Å². The summed E-state index contributed by atoms with van der Waals surface area (Å²) in [5.74, 6) is 0.155. The smallest absolute Gasteiger partial charge is 0.336 e. The highest BCUT2D eigenvalue weighted by atomic mass is 32.2. The first-order chi connectivity index (χ1) is 18.7. The number of furan rings is 1. The molecule has 3 heterocycles. The second kappa shape index (κ2) is 10.4. The quantitative estimate of drug-likeness (QED) is 0.261. The maximum atomic E-state index is 11.8. The summed E-state index contributed by atoms with van der Waals surface area (Å²) in [5, 5.41) is 13.4. The van der Waals surface area contributed by atoms with E-state index in [0.29, 0.717) is 33.6 Å². The topological polar surface area (TPSA) is 134 Å². The van der Waals surface area contributed by atoms with Crippen LogP contribution in [0.15, 0.2) is 83.4 Å². The number of carbonyl (C=O) groups is 1. The van der Waals surface area contributed by atoms with Crippen LogP contribution in [0.5, 0.6) is 5.75 Å². The molecule has 12 heteroatoms. The molecule has 200 valence electrons. The number of nitrogens with one attached hydrogen (secondary N) is 2. The van der Waals surface area contributed by atoms with Gasteiger partial charge in [-0.1, -0.05) is 24.3 Å². The molecule has 1 aliphatic heterocycles. The highest BCUT2D eigenvalue weighted by Crippen LogP contribution is 2.44. The van der Waals surface area contributed by atoms with Crippen molar-refractivity contribution in [2.24, 2.45) is 0 Å². The van der Waals surface area contributed by atoms with Gasteiger partial charge in [-0.15, -0.1) is 0 Å². The average molecular weight is 565 g/mol. The Kier molecular flexibility index (Phi) is 6.98. The van der Waals surface area contributed by atoms with E-state index in [4.69, 9.17) is 21.4 Å². The van der Waals surface area contributed by atoms with Gasteiger partial charge in [-0.05, 0) is 54.7 Å². The molecule has 5 rings (SSSR count). The van der Waals surface area contributed by atoms with Crippen LogP contribution in [0.3, 0.4) is 0 Å². The zero-order chi connectivity index (χ0) is 27.7. The minimum Gasteiger partial charge on any atom is -0.494 e. The summed E-state index contributed by atoms with van der Waals surface area (Å²) in [7, 11) is -2.09. The third kappa shape index (κ3) is 5.29. The maximum Gasteiger partial charge on any atom is 0.336 e. The molecule has 0 radical (unpaired) electrons. The fourth-order valence-electron chi connectivity index (χ4n) is 4.58. The van der Waals surface area contributed by atoms with Crippen LogP contribution in [0.2, 0.25) is 0 Å². The zero-order valence-corrected chi connectivity index (χ0v) is 22.5. The van der Waals surface area contributed by atoms with Crippen LogP contribution >= 0.6 is 12.2 Å². The maximum absolute atomic E-state index is 11.8.